The maximum atomic E-state index is 13.2. The van der Waals surface area contributed by atoms with Gasteiger partial charge >= 0.3 is 7.67 Å². The molecule has 2 rings (SSSR count). The molecule has 4 nitrogen and oxygen atoms in total. The normalized spacial score (nSPS) is 36.4. The molecule has 1 saturated carbocycles. The molecular formula is C12H23Cl2N2O2P. The molecule has 0 aromatic carbocycles. The first kappa shape index (κ1) is 16.1. The van der Waals surface area contributed by atoms with Crippen LogP contribution in [0.15, 0.2) is 0 Å². The molecule has 7 heteroatoms. The van der Waals surface area contributed by atoms with Gasteiger partial charge in [0.05, 0.1) is 6.10 Å². The molecular weight excluding hydrogens is 306 g/mol. The fourth-order valence-electron chi connectivity index (χ4n) is 3.06. The van der Waals surface area contributed by atoms with E-state index in [1.165, 1.54) is 19.3 Å². The molecule has 19 heavy (non-hydrogen) atoms. The van der Waals surface area contributed by atoms with Crippen molar-refractivity contribution in [2.45, 2.75) is 31.8 Å². The monoisotopic (exact) mass is 328 g/mol. The predicted octanol–water partition coefficient (Wildman–Crippen LogP) is 3.39. The highest BCUT2D eigenvalue weighted by Crippen LogP contribution is 2.59. The Morgan fingerprint density at radius 2 is 1.89 bits per heavy atom. The minimum atomic E-state index is -2.94. The first-order chi connectivity index (χ1) is 9.11. The van der Waals surface area contributed by atoms with Crippen molar-refractivity contribution >= 4 is 30.9 Å². The van der Waals surface area contributed by atoms with Gasteiger partial charge in [0.15, 0.2) is 0 Å². The van der Waals surface area contributed by atoms with Crippen molar-refractivity contribution in [1.82, 2.24) is 9.34 Å². The van der Waals surface area contributed by atoms with Crippen LogP contribution in [-0.4, -0.2) is 53.9 Å². The summed E-state index contributed by atoms with van der Waals surface area (Å²) in [4.78, 5) is 0. The van der Waals surface area contributed by atoms with E-state index in [9.17, 15) is 4.57 Å². The Hall–Kier alpha value is 0.690. The van der Waals surface area contributed by atoms with E-state index in [2.05, 4.69) is 0 Å². The smallest absolute Gasteiger partial charge is 0.302 e. The Morgan fingerprint density at radius 3 is 2.53 bits per heavy atom. The van der Waals surface area contributed by atoms with E-state index in [1.54, 1.807) is 0 Å². The Labute approximate surface area is 125 Å². The highest BCUT2D eigenvalue weighted by molar-refractivity contribution is 7.54. The lowest BCUT2D eigenvalue weighted by molar-refractivity contribution is 0.0304. The Balaban J connectivity index is 2.13. The van der Waals surface area contributed by atoms with Gasteiger partial charge in [-0.25, -0.2) is 9.34 Å². The highest BCUT2D eigenvalue weighted by atomic mass is 35.5. The molecule has 0 bridgehead atoms. The lowest BCUT2D eigenvalue weighted by Gasteiger charge is -2.47. The number of nitrogens with zero attached hydrogens (tertiary/aromatic N) is 2. The zero-order valence-electron chi connectivity index (χ0n) is 11.4. The zero-order valence-corrected chi connectivity index (χ0v) is 13.8. The van der Waals surface area contributed by atoms with Crippen LogP contribution in [0.4, 0.5) is 0 Å². The molecule has 0 aromatic heterocycles. The number of alkyl halides is 2. The van der Waals surface area contributed by atoms with E-state index in [-0.39, 0.29) is 6.10 Å². The van der Waals surface area contributed by atoms with Gasteiger partial charge in [-0.1, -0.05) is 12.8 Å². The molecule has 112 valence electrons. The third-order valence-electron chi connectivity index (χ3n) is 4.08. The summed E-state index contributed by atoms with van der Waals surface area (Å²) < 4.78 is 23.0. The topological polar surface area (TPSA) is 32.8 Å². The van der Waals surface area contributed by atoms with Crippen molar-refractivity contribution in [3.63, 3.8) is 0 Å². The minimum absolute atomic E-state index is 0.143. The van der Waals surface area contributed by atoms with Crippen LogP contribution in [0.2, 0.25) is 0 Å². The Bertz CT molecular complexity index is 340. The van der Waals surface area contributed by atoms with Crippen LogP contribution in [0.5, 0.6) is 0 Å². The maximum absolute atomic E-state index is 13.2. The number of fused-ring (bicyclic) bond motifs is 1. The first-order valence-corrected chi connectivity index (χ1v) is 9.59. The van der Waals surface area contributed by atoms with E-state index in [0.29, 0.717) is 30.8 Å². The molecule has 0 N–H and O–H groups in total. The van der Waals surface area contributed by atoms with Crippen LogP contribution in [-0.2, 0) is 9.09 Å². The molecule has 0 aromatic rings. The van der Waals surface area contributed by atoms with E-state index in [1.807, 2.05) is 16.4 Å². The second-order valence-corrected chi connectivity index (χ2v) is 8.55. The van der Waals surface area contributed by atoms with E-state index in [4.69, 9.17) is 27.7 Å². The van der Waals surface area contributed by atoms with Crippen LogP contribution < -0.4 is 0 Å². The summed E-state index contributed by atoms with van der Waals surface area (Å²) in [6.07, 6.45) is 4.79. The van der Waals surface area contributed by atoms with E-state index in [0.717, 1.165) is 13.0 Å². The van der Waals surface area contributed by atoms with Crippen molar-refractivity contribution in [2.75, 3.05) is 38.4 Å². The summed E-state index contributed by atoms with van der Waals surface area (Å²) in [6.45, 7) is 1.95. The van der Waals surface area contributed by atoms with Gasteiger partial charge in [-0.2, -0.15) is 0 Å². The van der Waals surface area contributed by atoms with Crippen molar-refractivity contribution in [3.8, 4) is 0 Å². The molecule has 1 heterocycles. The van der Waals surface area contributed by atoms with Gasteiger partial charge in [-0.05, 0) is 25.8 Å². The van der Waals surface area contributed by atoms with Crippen molar-refractivity contribution in [3.05, 3.63) is 0 Å². The summed E-state index contributed by atoms with van der Waals surface area (Å²) >= 11 is 11.6. The summed E-state index contributed by atoms with van der Waals surface area (Å²) in [6, 6.07) is 0. The Morgan fingerprint density at radius 1 is 1.26 bits per heavy atom. The maximum Gasteiger partial charge on any atom is 0.346 e. The first-order valence-electron chi connectivity index (χ1n) is 6.99. The summed E-state index contributed by atoms with van der Waals surface area (Å²) in [5.74, 6) is 1.40. The SMILES string of the molecule is CN1C[C@@H]2CCCC[C@@H]2O[P@@]1(=O)N(CCCl)CCCl. The molecule has 2 fully saturated rings. The molecule has 3 atom stereocenters. The Kier molecular flexibility index (Phi) is 6.01. The van der Waals surface area contributed by atoms with Gasteiger partial charge in [0, 0.05) is 31.4 Å². The van der Waals surface area contributed by atoms with Crippen LogP contribution in [0.1, 0.15) is 25.7 Å². The molecule has 1 aliphatic heterocycles. The fourth-order valence-corrected chi connectivity index (χ4v) is 6.18. The third-order valence-corrected chi connectivity index (χ3v) is 7.11. The van der Waals surface area contributed by atoms with Gasteiger partial charge in [-0.3, -0.25) is 4.57 Å². The molecule has 1 saturated heterocycles. The molecule has 0 unspecified atom stereocenters. The van der Waals surface area contributed by atoms with E-state index >= 15 is 0 Å². The van der Waals surface area contributed by atoms with Gasteiger partial charge < -0.3 is 4.52 Å². The minimum Gasteiger partial charge on any atom is -0.302 e. The van der Waals surface area contributed by atoms with Gasteiger partial charge in [0.1, 0.15) is 0 Å². The molecule has 2 aliphatic rings. The molecule has 0 spiro atoms. The van der Waals surface area contributed by atoms with Gasteiger partial charge in [-0.15, -0.1) is 23.2 Å². The lowest BCUT2D eigenvalue weighted by atomic mass is 9.86. The predicted molar refractivity (Wildman–Crippen MR) is 80.1 cm³/mol. The largest absolute Gasteiger partial charge is 0.346 e. The quantitative estimate of drug-likeness (QED) is 0.572. The average molecular weight is 329 g/mol. The van der Waals surface area contributed by atoms with Gasteiger partial charge in [0.2, 0.25) is 0 Å². The van der Waals surface area contributed by atoms with Crippen LogP contribution in [0.3, 0.4) is 0 Å². The average Bonchev–Trinajstić information content (AvgIpc) is 2.40. The van der Waals surface area contributed by atoms with Crippen LogP contribution >= 0.6 is 30.9 Å². The highest BCUT2D eigenvalue weighted by Gasteiger charge is 2.46. The fraction of sp³-hybridized carbons (Fsp3) is 1.00. The van der Waals surface area contributed by atoms with Crippen LogP contribution in [0.25, 0.3) is 0 Å². The summed E-state index contributed by atoms with van der Waals surface area (Å²) in [5.41, 5.74) is 0. The molecule has 1 aliphatic carbocycles. The third kappa shape index (κ3) is 3.48. The van der Waals surface area contributed by atoms with Crippen LogP contribution in [0, 0.1) is 5.92 Å². The lowest BCUT2D eigenvalue weighted by Crippen LogP contribution is -2.46. The standard InChI is InChI=1S/C12H23Cl2N2O2P/c1-15-10-11-4-2-3-5-12(11)18-19(15,17)16(8-6-13)9-7-14/h11-12H,2-10H2,1H3/t11-,12-,19+/m0/s1. The zero-order chi connectivity index (χ0) is 13.9. The molecule has 0 radical (unpaired) electrons. The van der Waals surface area contributed by atoms with E-state index < -0.39 is 7.67 Å². The number of rotatable bonds is 5. The van der Waals surface area contributed by atoms with Crippen molar-refractivity contribution < 1.29 is 9.09 Å². The summed E-state index contributed by atoms with van der Waals surface area (Å²) in [5, 5.41) is 0. The second-order valence-electron chi connectivity index (χ2n) is 5.35. The summed E-state index contributed by atoms with van der Waals surface area (Å²) in [7, 11) is -1.05. The number of hydrogen-bond acceptors (Lipinski definition) is 2. The van der Waals surface area contributed by atoms with Gasteiger partial charge in [0.25, 0.3) is 0 Å². The van der Waals surface area contributed by atoms with Crippen molar-refractivity contribution in [2.24, 2.45) is 5.92 Å². The molecule has 0 amide bonds. The second kappa shape index (κ2) is 7.11. The number of hydrogen-bond donors (Lipinski definition) is 0. The van der Waals surface area contributed by atoms with Crippen molar-refractivity contribution in [1.29, 1.82) is 0 Å². The number of halogens is 2.